The minimum Gasteiger partial charge on any atom is -0.258 e. The Hall–Kier alpha value is -2.56. The molecule has 0 bridgehead atoms. The van der Waals surface area contributed by atoms with Crippen molar-refractivity contribution in [1.82, 2.24) is 19.8 Å². The lowest BCUT2D eigenvalue weighted by atomic mass is 10.2. The van der Waals surface area contributed by atoms with Crippen molar-refractivity contribution in [2.75, 3.05) is 0 Å². The van der Waals surface area contributed by atoms with Crippen LogP contribution in [0.25, 0.3) is 15.5 Å². The molecule has 2 aromatic heterocycles. The number of nitro benzene ring substituents is 1. The molecule has 1 aromatic carbocycles. The summed E-state index contributed by atoms with van der Waals surface area (Å²) in [5, 5.41) is 21.1. The summed E-state index contributed by atoms with van der Waals surface area (Å²) in [5.41, 5.74) is 0.349. The van der Waals surface area contributed by atoms with Crippen LogP contribution in [0.15, 0.2) is 24.3 Å². The highest BCUT2D eigenvalue weighted by Gasteiger charge is 2.38. The Morgan fingerprint density at radius 2 is 1.86 bits per heavy atom. The third-order valence-electron chi connectivity index (χ3n) is 2.57. The Morgan fingerprint density at radius 1 is 1.19 bits per heavy atom. The van der Waals surface area contributed by atoms with Crippen LogP contribution in [0.5, 0.6) is 0 Å². The van der Waals surface area contributed by atoms with Crippen LogP contribution in [0.4, 0.5) is 18.9 Å². The van der Waals surface area contributed by atoms with Crippen molar-refractivity contribution >= 4 is 22.0 Å². The third kappa shape index (κ3) is 2.31. The molecule has 108 valence electrons. The number of halogens is 3. The molecular weight excluding hydrogens is 311 g/mol. The zero-order chi connectivity index (χ0) is 15.2. The summed E-state index contributed by atoms with van der Waals surface area (Å²) in [4.78, 5) is 9.98. The molecule has 2 heterocycles. The lowest BCUT2D eigenvalue weighted by Crippen LogP contribution is -2.11. The molecule has 0 aliphatic rings. The van der Waals surface area contributed by atoms with Gasteiger partial charge in [-0.05, 0) is 12.1 Å². The largest absolute Gasteiger partial charge is 0.453 e. The maximum absolute atomic E-state index is 12.7. The molecule has 3 rings (SSSR count). The lowest BCUT2D eigenvalue weighted by Gasteiger charge is -2.00. The van der Waals surface area contributed by atoms with Crippen LogP contribution in [0.3, 0.4) is 0 Å². The highest BCUT2D eigenvalue weighted by molar-refractivity contribution is 7.19. The van der Waals surface area contributed by atoms with Gasteiger partial charge in [-0.1, -0.05) is 11.3 Å². The van der Waals surface area contributed by atoms with Crippen molar-refractivity contribution in [3.05, 3.63) is 40.2 Å². The molecule has 0 aliphatic carbocycles. The van der Waals surface area contributed by atoms with E-state index in [1.807, 2.05) is 0 Å². The second kappa shape index (κ2) is 4.48. The Bertz CT molecular complexity index is 823. The zero-order valence-electron chi connectivity index (χ0n) is 9.90. The van der Waals surface area contributed by atoms with Crippen LogP contribution < -0.4 is 0 Å². The van der Waals surface area contributed by atoms with Gasteiger partial charge in [-0.3, -0.25) is 10.1 Å². The van der Waals surface area contributed by atoms with Crippen LogP contribution in [-0.2, 0) is 6.18 Å². The lowest BCUT2D eigenvalue weighted by molar-refractivity contribution is -0.384. The van der Waals surface area contributed by atoms with Gasteiger partial charge in [0.2, 0.25) is 4.96 Å². The third-order valence-corrected chi connectivity index (χ3v) is 3.52. The number of hydrogen-bond donors (Lipinski definition) is 0. The van der Waals surface area contributed by atoms with Crippen LogP contribution in [-0.4, -0.2) is 24.7 Å². The van der Waals surface area contributed by atoms with Crippen molar-refractivity contribution in [2.24, 2.45) is 0 Å². The standard InChI is InChI=1S/C10H4F3N5O2S/c11-10(12,13)8-14-15-9-17(8)16-7(21-9)5-1-3-6(4-2-5)18(19)20/h1-4H. The fourth-order valence-electron chi connectivity index (χ4n) is 1.64. The van der Waals surface area contributed by atoms with E-state index in [9.17, 15) is 23.3 Å². The molecule has 0 spiro atoms. The molecule has 0 unspecified atom stereocenters. The van der Waals surface area contributed by atoms with Crippen LogP contribution in [0.2, 0.25) is 0 Å². The van der Waals surface area contributed by atoms with Gasteiger partial charge >= 0.3 is 6.18 Å². The first-order valence-electron chi connectivity index (χ1n) is 5.40. The molecule has 0 amide bonds. The van der Waals surface area contributed by atoms with Crippen LogP contribution in [0, 0.1) is 10.1 Å². The van der Waals surface area contributed by atoms with E-state index in [4.69, 9.17) is 0 Å². The number of benzene rings is 1. The first-order chi connectivity index (χ1) is 9.86. The smallest absolute Gasteiger partial charge is 0.258 e. The quantitative estimate of drug-likeness (QED) is 0.536. The first kappa shape index (κ1) is 13.4. The van der Waals surface area contributed by atoms with E-state index in [0.29, 0.717) is 10.1 Å². The normalized spacial score (nSPS) is 12.0. The highest BCUT2D eigenvalue weighted by Crippen LogP contribution is 2.32. The summed E-state index contributed by atoms with van der Waals surface area (Å²) >= 11 is 0.910. The second-order valence-electron chi connectivity index (χ2n) is 3.93. The highest BCUT2D eigenvalue weighted by atomic mass is 32.1. The van der Waals surface area contributed by atoms with E-state index in [0.717, 1.165) is 11.3 Å². The Morgan fingerprint density at radius 3 is 2.43 bits per heavy atom. The van der Waals surface area contributed by atoms with Gasteiger partial charge in [-0.25, -0.2) is 0 Å². The van der Waals surface area contributed by atoms with E-state index >= 15 is 0 Å². The maximum atomic E-state index is 12.7. The SMILES string of the molecule is O=[N+]([O-])c1ccc(-c2nn3c(C(F)(F)F)nnc3s2)cc1. The van der Waals surface area contributed by atoms with Gasteiger partial charge in [0.25, 0.3) is 11.5 Å². The van der Waals surface area contributed by atoms with Crippen molar-refractivity contribution in [3.8, 4) is 10.6 Å². The van der Waals surface area contributed by atoms with Crippen molar-refractivity contribution in [1.29, 1.82) is 0 Å². The average molecular weight is 315 g/mol. The van der Waals surface area contributed by atoms with E-state index in [1.54, 1.807) is 0 Å². The molecule has 0 saturated heterocycles. The number of alkyl halides is 3. The monoisotopic (exact) mass is 315 g/mol. The van der Waals surface area contributed by atoms with E-state index < -0.39 is 16.9 Å². The Balaban J connectivity index is 2.05. The van der Waals surface area contributed by atoms with E-state index in [2.05, 4.69) is 15.3 Å². The fraction of sp³-hybridized carbons (Fsp3) is 0.100. The number of rotatable bonds is 2. The van der Waals surface area contributed by atoms with Crippen LogP contribution >= 0.6 is 11.3 Å². The number of non-ortho nitro benzene ring substituents is 1. The van der Waals surface area contributed by atoms with Gasteiger partial charge in [-0.15, -0.1) is 10.2 Å². The van der Waals surface area contributed by atoms with Crippen molar-refractivity contribution < 1.29 is 18.1 Å². The molecular formula is C10H4F3N5O2S. The van der Waals surface area contributed by atoms with E-state index in [-0.39, 0.29) is 15.7 Å². The summed E-state index contributed by atoms with van der Waals surface area (Å²) in [6, 6.07) is 5.33. The van der Waals surface area contributed by atoms with Crippen molar-refractivity contribution in [2.45, 2.75) is 6.18 Å². The summed E-state index contributed by atoms with van der Waals surface area (Å²) in [5.74, 6) is -1.21. The van der Waals surface area contributed by atoms with Gasteiger partial charge in [0.15, 0.2) is 0 Å². The Labute approximate surface area is 117 Å². The average Bonchev–Trinajstić information content (AvgIpc) is 2.96. The molecule has 11 heteroatoms. The minimum atomic E-state index is -4.65. The summed E-state index contributed by atoms with van der Waals surface area (Å²) in [6.45, 7) is 0. The van der Waals surface area contributed by atoms with Crippen LogP contribution in [0.1, 0.15) is 5.82 Å². The molecule has 0 fully saturated rings. The second-order valence-corrected chi connectivity index (χ2v) is 4.88. The number of nitrogens with zero attached hydrogens (tertiary/aromatic N) is 5. The predicted molar refractivity (Wildman–Crippen MR) is 65.8 cm³/mol. The topological polar surface area (TPSA) is 86.2 Å². The molecule has 0 atom stereocenters. The number of hydrogen-bond acceptors (Lipinski definition) is 6. The first-order valence-corrected chi connectivity index (χ1v) is 6.22. The van der Waals surface area contributed by atoms with Crippen molar-refractivity contribution in [3.63, 3.8) is 0 Å². The molecule has 7 nitrogen and oxygen atoms in total. The van der Waals surface area contributed by atoms with Gasteiger partial charge in [-0.2, -0.15) is 22.8 Å². The zero-order valence-corrected chi connectivity index (χ0v) is 10.7. The van der Waals surface area contributed by atoms with Gasteiger partial charge < -0.3 is 0 Å². The molecule has 0 aliphatic heterocycles. The maximum Gasteiger partial charge on any atom is 0.453 e. The number of nitro groups is 1. The summed E-state index contributed by atoms with van der Waals surface area (Å²) < 4.78 is 38.6. The Kier molecular flexibility index (Phi) is 2.86. The van der Waals surface area contributed by atoms with Gasteiger partial charge in [0, 0.05) is 17.7 Å². The van der Waals surface area contributed by atoms with E-state index in [1.165, 1.54) is 24.3 Å². The predicted octanol–water partition coefficient (Wildman–Crippen LogP) is 2.78. The molecule has 21 heavy (non-hydrogen) atoms. The number of aromatic nitrogens is 4. The fourth-order valence-corrected chi connectivity index (χ4v) is 2.48. The summed E-state index contributed by atoms with van der Waals surface area (Å²) in [6.07, 6.45) is -4.65. The minimum absolute atomic E-state index is 0.00400. The molecule has 3 aromatic rings. The number of fused-ring (bicyclic) bond motifs is 1. The van der Waals surface area contributed by atoms with Gasteiger partial charge in [0.1, 0.15) is 5.01 Å². The molecule has 0 radical (unpaired) electrons. The summed E-state index contributed by atoms with van der Waals surface area (Å²) in [7, 11) is 0. The van der Waals surface area contributed by atoms with Gasteiger partial charge in [0.05, 0.1) is 4.92 Å². The molecule has 0 saturated carbocycles. The molecule has 0 N–H and O–H groups in total.